The van der Waals surface area contributed by atoms with E-state index in [-0.39, 0.29) is 48.6 Å². The molecule has 1 aliphatic rings. The van der Waals surface area contributed by atoms with Crippen LogP contribution in [0.25, 0.3) is 11.2 Å². The predicted octanol–water partition coefficient (Wildman–Crippen LogP) is -0.853. The highest BCUT2D eigenvalue weighted by atomic mass is 16.5. The molecule has 0 radical (unpaired) electrons. The van der Waals surface area contributed by atoms with Crippen LogP contribution in [0.1, 0.15) is 20.7 Å². The maximum absolute atomic E-state index is 12.3. The van der Waals surface area contributed by atoms with E-state index < -0.39 is 5.56 Å². The fraction of sp³-hybridized carbons (Fsp3) is 0.188. The van der Waals surface area contributed by atoms with Crippen LogP contribution in [0, 0.1) is 0 Å². The van der Waals surface area contributed by atoms with E-state index in [0.29, 0.717) is 16.8 Å². The molecule has 1 aliphatic heterocycles. The first-order valence-electron chi connectivity index (χ1n) is 7.80. The monoisotopic (exact) mass is 372 g/mol. The Bertz CT molecular complexity index is 1050. The average Bonchev–Trinajstić information content (AvgIpc) is 3.13. The number of nitrogens with zero attached hydrogens (tertiary/aromatic N) is 4. The molecular formula is C16H16N6O5. The number of hydrogen-bond acceptors (Lipinski definition) is 7. The van der Waals surface area contributed by atoms with Crippen LogP contribution < -0.4 is 11.3 Å². The van der Waals surface area contributed by atoms with Crippen molar-refractivity contribution in [1.29, 1.82) is 0 Å². The summed E-state index contributed by atoms with van der Waals surface area (Å²) in [5.74, 6) is -0.679. The predicted molar refractivity (Wildman–Crippen MR) is 93.9 cm³/mol. The number of nitrogens with two attached hydrogens (primary N) is 1. The van der Waals surface area contributed by atoms with Crippen molar-refractivity contribution >= 4 is 28.9 Å². The number of anilines is 1. The highest BCUT2D eigenvalue weighted by Gasteiger charge is 2.34. The Balaban J connectivity index is 0.00000210. The third-order valence-corrected chi connectivity index (χ3v) is 4.06. The van der Waals surface area contributed by atoms with Gasteiger partial charge < -0.3 is 15.9 Å². The van der Waals surface area contributed by atoms with E-state index in [1.807, 2.05) is 0 Å². The van der Waals surface area contributed by atoms with E-state index in [0.717, 1.165) is 4.90 Å². The van der Waals surface area contributed by atoms with E-state index in [1.165, 1.54) is 10.9 Å². The van der Waals surface area contributed by atoms with Crippen LogP contribution in [0.4, 0.5) is 5.95 Å². The second-order valence-electron chi connectivity index (χ2n) is 5.68. The lowest BCUT2D eigenvalue weighted by Crippen LogP contribution is -2.33. The number of fused-ring (bicyclic) bond motifs is 2. The molecule has 5 N–H and O–H groups in total. The molecule has 3 aromatic rings. The number of amides is 2. The first-order valence-corrected chi connectivity index (χ1v) is 7.80. The number of hydrogen-bond donors (Lipinski definition) is 2. The lowest BCUT2D eigenvalue weighted by Gasteiger charge is -2.14. The summed E-state index contributed by atoms with van der Waals surface area (Å²) in [6.45, 7) is 0.300. The van der Waals surface area contributed by atoms with Crippen molar-refractivity contribution in [2.75, 3.05) is 18.9 Å². The first-order chi connectivity index (χ1) is 12.6. The van der Waals surface area contributed by atoms with Gasteiger partial charge in [0.2, 0.25) is 5.95 Å². The molecule has 11 nitrogen and oxygen atoms in total. The number of carbonyl (C=O) groups is 2. The van der Waals surface area contributed by atoms with Crippen LogP contribution in [0.15, 0.2) is 35.4 Å². The zero-order valence-electron chi connectivity index (χ0n) is 14.0. The molecule has 0 fully saturated rings. The molecule has 1 aromatic carbocycles. The van der Waals surface area contributed by atoms with Gasteiger partial charge in [0.15, 0.2) is 11.2 Å². The van der Waals surface area contributed by atoms with E-state index in [4.69, 9.17) is 10.5 Å². The Morgan fingerprint density at radius 3 is 2.44 bits per heavy atom. The van der Waals surface area contributed by atoms with E-state index in [1.54, 1.807) is 24.3 Å². The van der Waals surface area contributed by atoms with Gasteiger partial charge in [0.05, 0.1) is 30.6 Å². The van der Waals surface area contributed by atoms with Crippen molar-refractivity contribution in [3.63, 3.8) is 0 Å². The molecule has 27 heavy (non-hydrogen) atoms. The Morgan fingerprint density at radius 2 is 1.78 bits per heavy atom. The fourth-order valence-corrected chi connectivity index (χ4v) is 2.83. The summed E-state index contributed by atoms with van der Waals surface area (Å²) < 4.78 is 7.02. The smallest absolute Gasteiger partial charge is 0.280 e. The summed E-state index contributed by atoms with van der Waals surface area (Å²) in [6, 6.07) is 6.69. The Hall–Kier alpha value is -3.57. The number of nitrogens with one attached hydrogen (secondary N) is 1. The van der Waals surface area contributed by atoms with Gasteiger partial charge in [0.25, 0.3) is 17.4 Å². The molecular weight excluding hydrogens is 356 g/mol. The lowest BCUT2D eigenvalue weighted by atomic mass is 10.1. The van der Waals surface area contributed by atoms with Gasteiger partial charge in [-0.3, -0.25) is 28.8 Å². The average molecular weight is 372 g/mol. The summed E-state index contributed by atoms with van der Waals surface area (Å²) in [6.07, 6.45) is 1.41. The molecule has 0 aliphatic carbocycles. The van der Waals surface area contributed by atoms with Crippen LogP contribution in [0.5, 0.6) is 0 Å². The van der Waals surface area contributed by atoms with Gasteiger partial charge in [0, 0.05) is 0 Å². The van der Waals surface area contributed by atoms with Crippen LogP contribution in [-0.4, -0.2) is 54.9 Å². The summed E-state index contributed by atoms with van der Waals surface area (Å²) in [4.78, 5) is 47.7. The standard InChI is InChI=1S/C16H14N6O4.H2O/c17-16-19-12-11(13(23)20-16)18-7-21(12)8-26-6-5-22-14(24)9-3-1-2-4-10(9)15(22)25;/h1-4,7H,5-6,8H2,(H3,17,19,20,23);1H2. The Morgan fingerprint density at radius 1 is 1.11 bits per heavy atom. The van der Waals surface area contributed by atoms with E-state index in [2.05, 4.69) is 15.0 Å². The summed E-state index contributed by atoms with van der Waals surface area (Å²) in [7, 11) is 0. The van der Waals surface area contributed by atoms with Gasteiger partial charge in [-0.2, -0.15) is 4.98 Å². The van der Waals surface area contributed by atoms with Gasteiger partial charge in [-0.25, -0.2) is 4.98 Å². The third kappa shape index (κ3) is 3.05. The molecule has 0 atom stereocenters. The number of rotatable bonds is 5. The molecule has 0 spiro atoms. The van der Waals surface area contributed by atoms with Gasteiger partial charge in [-0.15, -0.1) is 0 Å². The highest BCUT2D eigenvalue weighted by molar-refractivity contribution is 6.21. The zero-order chi connectivity index (χ0) is 18.3. The second-order valence-corrected chi connectivity index (χ2v) is 5.68. The third-order valence-electron chi connectivity index (χ3n) is 4.06. The topological polar surface area (TPSA) is 168 Å². The number of ether oxygens (including phenoxy) is 1. The first kappa shape index (κ1) is 18.2. The molecule has 0 bridgehead atoms. The van der Waals surface area contributed by atoms with Crippen molar-refractivity contribution in [1.82, 2.24) is 24.4 Å². The number of aromatic amines is 1. The maximum Gasteiger partial charge on any atom is 0.280 e. The van der Waals surface area contributed by atoms with Crippen molar-refractivity contribution in [2.24, 2.45) is 0 Å². The molecule has 11 heteroatoms. The number of benzene rings is 1. The molecule has 3 heterocycles. The lowest BCUT2D eigenvalue weighted by molar-refractivity contribution is 0.0452. The van der Waals surface area contributed by atoms with Gasteiger partial charge in [-0.1, -0.05) is 12.1 Å². The van der Waals surface area contributed by atoms with Crippen molar-refractivity contribution < 1.29 is 19.8 Å². The number of imide groups is 1. The number of imidazole rings is 1. The summed E-state index contributed by atoms with van der Waals surface area (Å²) in [5.41, 5.74) is 6.35. The SMILES string of the molecule is Nc1nc2c(ncn2COCCN2C(=O)c3ccccc3C2=O)c(=O)[nH]1.O. The largest absolute Gasteiger partial charge is 0.412 e. The maximum atomic E-state index is 12.3. The minimum Gasteiger partial charge on any atom is -0.412 e. The molecule has 4 rings (SSSR count). The van der Waals surface area contributed by atoms with Gasteiger partial charge in [-0.05, 0) is 12.1 Å². The van der Waals surface area contributed by atoms with E-state index >= 15 is 0 Å². The molecule has 0 saturated heterocycles. The van der Waals surface area contributed by atoms with Gasteiger partial charge >= 0.3 is 0 Å². The Labute approximate surface area is 151 Å². The second kappa shape index (κ2) is 6.97. The number of carbonyl (C=O) groups excluding carboxylic acids is 2. The normalized spacial score (nSPS) is 13.1. The summed E-state index contributed by atoms with van der Waals surface area (Å²) in [5, 5.41) is 0. The van der Waals surface area contributed by atoms with Crippen molar-refractivity contribution in [3.05, 3.63) is 52.1 Å². The van der Waals surface area contributed by atoms with Crippen LogP contribution in [-0.2, 0) is 11.5 Å². The van der Waals surface area contributed by atoms with Crippen molar-refractivity contribution in [3.8, 4) is 0 Å². The van der Waals surface area contributed by atoms with Gasteiger partial charge in [0.1, 0.15) is 6.73 Å². The highest BCUT2D eigenvalue weighted by Crippen LogP contribution is 2.21. The molecule has 2 aromatic heterocycles. The molecule has 2 amide bonds. The molecule has 140 valence electrons. The molecule has 0 saturated carbocycles. The molecule has 0 unspecified atom stereocenters. The van der Waals surface area contributed by atoms with Crippen LogP contribution in [0.3, 0.4) is 0 Å². The minimum absolute atomic E-state index is 0. The van der Waals surface area contributed by atoms with Crippen LogP contribution in [0.2, 0.25) is 0 Å². The Kier molecular flexibility index (Phi) is 4.71. The quantitative estimate of drug-likeness (QED) is 0.434. The number of aromatic nitrogens is 4. The number of nitrogen functional groups attached to an aromatic ring is 1. The van der Waals surface area contributed by atoms with Crippen LogP contribution >= 0.6 is 0 Å². The van der Waals surface area contributed by atoms with E-state index in [9.17, 15) is 14.4 Å². The number of H-pyrrole nitrogens is 1. The zero-order valence-corrected chi connectivity index (χ0v) is 14.0. The van der Waals surface area contributed by atoms with Crippen molar-refractivity contribution in [2.45, 2.75) is 6.73 Å². The fourth-order valence-electron chi connectivity index (χ4n) is 2.83. The summed E-state index contributed by atoms with van der Waals surface area (Å²) >= 11 is 0. The minimum atomic E-state index is -0.433.